The molecule has 3 heteroatoms. The smallest absolute Gasteiger partial charge is 0.359 e. The monoisotopic (exact) mass is 116 g/mol. The Kier molecular flexibility index (Phi) is 1.39. The molecular formula is C5H8O3. The molecule has 0 aromatic carbocycles. The van der Waals surface area contributed by atoms with E-state index in [2.05, 4.69) is 4.74 Å². The number of rotatable bonds is 1. The minimum absolute atomic E-state index is 0.519. The Morgan fingerprint density at radius 3 is 2.75 bits per heavy atom. The van der Waals surface area contributed by atoms with E-state index in [9.17, 15) is 0 Å². The fourth-order valence-electron chi connectivity index (χ4n) is 0.462. The van der Waals surface area contributed by atoms with Gasteiger partial charge < -0.3 is 14.2 Å². The Labute approximate surface area is 47.8 Å². The molecule has 0 aromatic rings. The van der Waals surface area contributed by atoms with Crippen LogP contribution in [0.5, 0.6) is 0 Å². The minimum atomic E-state index is -0.519. The van der Waals surface area contributed by atoms with Crippen LogP contribution in [-0.4, -0.2) is 13.6 Å². The molecular weight excluding hydrogens is 108 g/mol. The Balaban J connectivity index is 2.32. The molecule has 1 heterocycles. The highest BCUT2D eigenvalue weighted by molar-refractivity contribution is 4.84. The molecule has 0 N–H and O–H groups in total. The van der Waals surface area contributed by atoms with Crippen molar-refractivity contribution in [1.29, 1.82) is 0 Å². The van der Waals surface area contributed by atoms with Gasteiger partial charge in [0.05, 0.1) is 0 Å². The van der Waals surface area contributed by atoms with Crippen LogP contribution in [0.15, 0.2) is 12.0 Å². The maximum Gasteiger partial charge on any atom is 0.359 e. The first kappa shape index (κ1) is 5.44. The predicted molar refractivity (Wildman–Crippen MR) is 26.7 cm³/mol. The lowest BCUT2D eigenvalue weighted by molar-refractivity contribution is -0.207. The molecule has 0 spiro atoms. The molecule has 0 saturated carbocycles. The highest BCUT2D eigenvalue weighted by Gasteiger charge is 2.13. The van der Waals surface area contributed by atoms with Gasteiger partial charge in [-0.05, 0) is 6.92 Å². The van der Waals surface area contributed by atoms with Crippen LogP contribution in [0, 0.1) is 0 Å². The predicted octanol–water partition coefficient (Wildman–Crippen LogP) is 0.825. The van der Waals surface area contributed by atoms with Crippen LogP contribution < -0.4 is 0 Å². The summed E-state index contributed by atoms with van der Waals surface area (Å²) in [5.41, 5.74) is 0. The van der Waals surface area contributed by atoms with Crippen LogP contribution in [0.3, 0.4) is 0 Å². The molecule has 0 aliphatic carbocycles. The third-order valence-electron chi connectivity index (χ3n) is 0.820. The van der Waals surface area contributed by atoms with E-state index in [0.29, 0.717) is 0 Å². The average Bonchev–Trinajstić information content (AvgIpc) is 2.14. The Morgan fingerprint density at radius 1 is 1.75 bits per heavy atom. The number of hydrogen-bond acceptors (Lipinski definition) is 3. The first-order valence-electron chi connectivity index (χ1n) is 2.34. The summed E-state index contributed by atoms with van der Waals surface area (Å²) in [5, 5.41) is 0. The van der Waals surface area contributed by atoms with E-state index in [-0.39, 0.29) is 0 Å². The van der Waals surface area contributed by atoms with Gasteiger partial charge in [-0.15, -0.1) is 0 Å². The fraction of sp³-hybridized carbons (Fsp3) is 0.600. The van der Waals surface area contributed by atoms with Gasteiger partial charge in [0.25, 0.3) is 0 Å². The number of methoxy groups -OCH3 is 1. The summed E-state index contributed by atoms with van der Waals surface area (Å²) in [4.78, 5) is 0. The van der Waals surface area contributed by atoms with Crippen LogP contribution >= 0.6 is 0 Å². The third kappa shape index (κ3) is 0.924. The second-order valence-electron chi connectivity index (χ2n) is 1.51. The lowest BCUT2D eigenvalue weighted by atomic mass is 10.7. The zero-order valence-corrected chi connectivity index (χ0v) is 4.88. The first-order chi connectivity index (χ1) is 3.83. The zero-order chi connectivity index (χ0) is 5.98. The van der Waals surface area contributed by atoms with E-state index >= 15 is 0 Å². The quantitative estimate of drug-likeness (QED) is 0.507. The Morgan fingerprint density at radius 2 is 2.50 bits per heavy atom. The van der Waals surface area contributed by atoms with E-state index in [1.165, 1.54) is 13.4 Å². The molecule has 1 rings (SSSR count). The molecule has 1 aliphatic rings. The van der Waals surface area contributed by atoms with Gasteiger partial charge in [0.1, 0.15) is 12.0 Å². The number of ether oxygens (including phenoxy) is 3. The lowest BCUT2D eigenvalue weighted by Crippen LogP contribution is -2.09. The highest BCUT2D eigenvalue weighted by atomic mass is 16.9. The van der Waals surface area contributed by atoms with E-state index in [1.54, 1.807) is 6.92 Å². The second kappa shape index (κ2) is 2.05. The van der Waals surface area contributed by atoms with Gasteiger partial charge in [0.2, 0.25) is 0 Å². The van der Waals surface area contributed by atoms with Gasteiger partial charge in [-0.25, -0.2) is 0 Å². The van der Waals surface area contributed by atoms with Crippen molar-refractivity contribution in [1.82, 2.24) is 0 Å². The van der Waals surface area contributed by atoms with E-state index in [1.807, 2.05) is 0 Å². The van der Waals surface area contributed by atoms with Crippen LogP contribution in [0.4, 0.5) is 0 Å². The molecule has 1 aliphatic heterocycles. The highest BCUT2D eigenvalue weighted by Crippen LogP contribution is 2.12. The SMILES string of the molecule is COC1OC=C(C)O1. The van der Waals surface area contributed by atoms with Gasteiger partial charge in [-0.3, -0.25) is 0 Å². The van der Waals surface area contributed by atoms with Gasteiger partial charge in [0, 0.05) is 7.11 Å². The summed E-state index contributed by atoms with van der Waals surface area (Å²) in [6.07, 6.45) is 1.52. The molecule has 0 aromatic heterocycles. The third-order valence-corrected chi connectivity index (χ3v) is 0.820. The largest absolute Gasteiger partial charge is 0.437 e. The molecule has 0 fully saturated rings. The first-order valence-corrected chi connectivity index (χ1v) is 2.34. The van der Waals surface area contributed by atoms with Crippen molar-refractivity contribution >= 4 is 0 Å². The van der Waals surface area contributed by atoms with Crippen molar-refractivity contribution < 1.29 is 14.2 Å². The van der Waals surface area contributed by atoms with Crippen LogP contribution in [-0.2, 0) is 14.2 Å². The van der Waals surface area contributed by atoms with E-state index in [4.69, 9.17) is 9.47 Å². The summed E-state index contributed by atoms with van der Waals surface area (Å²) in [7, 11) is 1.52. The van der Waals surface area contributed by atoms with Crippen molar-refractivity contribution in [3.05, 3.63) is 12.0 Å². The van der Waals surface area contributed by atoms with Crippen LogP contribution in [0.2, 0.25) is 0 Å². The van der Waals surface area contributed by atoms with Crippen LogP contribution in [0.25, 0.3) is 0 Å². The molecule has 0 radical (unpaired) electrons. The van der Waals surface area contributed by atoms with Gasteiger partial charge in [0.15, 0.2) is 0 Å². The average molecular weight is 116 g/mol. The maximum absolute atomic E-state index is 4.93. The molecule has 0 bridgehead atoms. The fourth-order valence-corrected chi connectivity index (χ4v) is 0.462. The Hall–Kier alpha value is -0.700. The maximum atomic E-state index is 4.93. The van der Waals surface area contributed by atoms with Crippen LogP contribution in [0.1, 0.15) is 6.92 Å². The number of hydrogen-bond donors (Lipinski definition) is 0. The molecule has 46 valence electrons. The van der Waals surface area contributed by atoms with Crippen molar-refractivity contribution in [2.45, 2.75) is 13.4 Å². The van der Waals surface area contributed by atoms with Crippen molar-refractivity contribution in [2.75, 3.05) is 7.11 Å². The molecule has 1 atom stereocenters. The molecule has 0 amide bonds. The topological polar surface area (TPSA) is 27.7 Å². The number of allylic oxidation sites excluding steroid dienone is 1. The lowest BCUT2D eigenvalue weighted by Gasteiger charge is -2.06. The van der Waals surface area contributed by atoms with E-state index in [0.717, 1.165) is 5.76 Å². The molecule has 3 nitrogen and oxygen atoms in total. The van der Waals surface area contributed by atoms with Gasteiger partial charge in [-0.1, -0.05) is 0 Å². The molecule has 8 heavy (non-hydrogen) atoms. The van der Waals surface area contributed by atoms with Crippen molar-refractivity contribution in [3.63, 3.8) is 0 Å². The molecule has 1 unspecified atom stereocenters. The van der Waals surface area contributed by atoms with Crippen molar-refractivity contribution in [2.24, 2.45) is 0 Å². The summed E-state index contributed by atoms with van der Waals surface area (Å²) >= 11 is 0. The normalized spacial score (nSPS) is 26.2. The standard InChI is InChI=1S/C5H8O3/c1-4-3-7-5(6-2)8-4/h3,5H,1-2H3. The van der Waals surface area contributed by atoms with Gasteiger partial charge >= 0.3 is 6.48 Å². The minimum Gasteiger partial charge on any atom is -0.437 e. The second-order valence-corrected chi connectivity index (χ2v) is 1.51. The molecule has 0 saturated heterocycles. The Bertz CT molecular complexity index is 108. The zero-order valence-electron chi connectivity index (χ0n) is 4.88. The summed E-state index contributed by atoms with van der Waals surface area (Å²) < 4.78 is 14.4. The summed E-state index contributed by atoms with van der Waals surface area (Å²) in [5.74, 6) is 0.747. The summed E-state index contributed by atoms with van der Waals surface area (Å²) in [6, 6.07) is 0. The summed E-state index contributed by atoms with van der Waals surface area (Å²) in [6.45, 7) is 1.29. The van der Waals surface area contributed by atoms with E-state index < -0.39 is 6.48 Å². The van der Waals surface area contributed by atoms with Gasteiger partial charge in [-0.2, -0.15) is 0 Å². The van der Waals surface area contributed by atoms with Crippen molar-refractivity contribution in [3.8, 4) is 0 Å².